The van der Waals surface area contributed by atoms with Crippen molar-refractivity contribution in [2.24, 2.45) is 0 Å². The molecule has 0 unspecified atom stereocenters. The Kier molecular flexibility index (Phi) is 5.74. The van der Waals surface area contributed by atoms with Gasteiger partial charge in [0, 0.05) is 74.5 Å². The number of piperazine rings is 1. The van der Waals surface area contributed by atoms with E-state index >= 15 is 0 Å². The fourth-order valence-electron chi connectivity index (χ4n) is 5.37. The fourth-order valence-corrected chi connectivity index (χ4v) is 5.37. The van der Waals surface area contributed by atoms with Gasteiger partial charge < -0.3 is 20.0 Å². The summed E-state index contributed by atoms with van der Waals surface area (Å²) in [6.07, 6.45) is 3.57. The molecule has 7 rings (SSSR count). The summed E-state index contributed by atoms with van der Waals surface area (Å²) in [6, 6.07) is 20.2. The molecule has 2 aromatic carbocycles. The van der Waals surface area contributed by atoms with Gasteiger partial charge in [-0.15, -0.1) is 0 Å². The SMILES string of the molecule is CN1CCN(c2cccc(NC(=O)c3cc4nc(N5Cc6ccccc6C5)cc(-c5cn[nH]c5)n4n3)c2)CC1. The minimum atomic E-state index is -0.274. The highest BCUT2D eigenvalue weighted by Crippen LogP contribution is 2.31. The van der Waals surface area contributed by atoms with E-state index in [0.29, 0.717) is 11.3 Å². The topological polar surface area (TPSA) is 97.7 Å². The molecule has 39 heavy (non-hydrogen) atoms. The molecule has 0 radical (unpaired) electrons. The molecule has 10 nitrogen and oxygen atoms in total. The van der Waals surface area contributed by atoms with Gasteiger partial charge in [-0.1, -0.05) is 30.3 Å². The zero-order valence-electron chi connectivity index (χ0n) is 21.7. The van der Waals surface area contributed by atoms with Crippen molar-refractivity contribution in [3.05, 3.63) is 89.9 Å². The molecule has 0 aliphatic carbocycles. The van der Waals surface area contributed by atoms with Crippen molar-refractivity contribution in [2.45, 2.75) is 13.1 Å². The van der Waals surface area contributed by atoms with E-state index in [1.807, 2.05) is 30.5 Å². The minimum Gasteiger partial charge on any atom is -0.369 e. The predicted octanol–water partition coefficient (Wildman–Crippen LogP) is 3.64. The van der Waals surface area contributed by atoms with E-state index in [9.17, 15) is 4.79 Å². The molecule has 2 N–H and O–H groups in total. The summed E-state index contributed by atoms with van der Waals surface area (Å²) in [7, 11) is 2.14. The van der Waals surface area contributed by atoms with E-state index in [0.717, 1.165) is 67.7 Å². The molecule has 196 valence electrons. The molecule has 5 aromatic rings. The van der Waals surface area contributed by atoms with E-state index in [1.165, 1.54) is 11.1 Å². The van der Waals surface area contributed by atoms with Crippen molar-refractivity contribution in [1.29, 1.82) is 0 Å². The average molecular weight is 520 g/mol. The van der Waals surface area contributed by atoms with Gasteiger partial charge >= 0.3 is 0 Å². The van der Waals surface area contributed by atoms with Crippen LogP contribution in [-0.4, -0.2) is 68.8 Å². The van der Waals surface area contributed by atoms with Crippen molar-refractivity contribution >= 4 is 28.7 Å². The maximum absolute atomic E-state index is 13.3. The molecular weight excluding hydrogens is 490 g/mol. The average Bonchev–Trinajstić information content (AvgIpc) is 3.72. The third kappa shape index (κ3) is 4.48. The van der Waals surface area contributed by atoms with E-state index in [2.05, 4.69) is 72.7 Å². The van der Waals surface area contributed by atoms with Crippen LogP contribution in [0.5, 0.6) is 0 Å². The quantitative estimate of drug-likeness (QED) is 0.366. The molecule has 10 heteroatoms. The molecule has 0 spiro atoms. The Hall–Kier alpha value is -4.70. The molecule has 2 aliphatic rings. The van der Waals surface area contributed by atoms with Gasteiger partial charge in [-0.25, -0.2) is 9.50 Å². The molecule has 1 saturated heterocycles. The van der Waals surface area contributed by atoms with Crippen LogP contribution in [0.1, 0.15) is 21.6 Å². The van der Waals surface area contributed by atoms with Gasteiger partial charge in [0.25, 0.3) is 5.91 Å². The summed E-state index contributed by atoms with van der Waals surface area (Å²) in [5.41, 5.74) is 7.05. The number of aromatic amines is 1. The Labute approximate surface area is 225 Å². The van der Waals surface area contributed by atoms with Crippen LogP contribution in [0.25, 0.3) is 16.9 Å². The van der Waals surface area contributed by atoms with Crippen molar-refractivity contribution in [2.75, 3.05) is 48.3 Å². The molecular formula is C29H29N9O. The van der Waals surface area contributed by atoms with Crippen molar-refractivity contribution in [3.63, 3.8) is 0 Å². The molecule has 1 fully saturated rings. The van der Waals surface area contributed by atoms with Crippen LogP contribution in [0.2, 0.25) is 0 Å². The number of nitrogens with one attached hydrogen (secondary N) is 2. The number of rotatable bonds is 5. The first-order valence-corrected chi connectivity index (χ1v) is 13.2. The van der Waals surface area contributed by atoms with Crippen LogP contribution in [0, 0.1) is 0 Å². The number of carbonyl (C=O) groups excluding carboxylic acids is 1. The summed E-state index contributed by atoms with van der Waals surface area (Å²) in [5, 5.41) is 14.7. The number of H-pyrrole nitrogens is 1. The Morgan fingerprint density at radius 3 is 2.46 bits per heavy atom. The number of amides is 1. The van der Waals surface area contributed by atoms with E-state index in [4.69, 9.17) is 4.98 Å². The number of anilines is 3. The van der Waals surface area contributed by atoms with Gasteiger partial charge in [0.05, 0.1) is 11.9 Å². The predicted molar refractivity (Wildman–Crippen MR) is 151 cm³/mol. The van der Waals surface area contributed by atoms with Gasteiger partial charge in [0.1, 0.15) is 5.82 Å². The van der Waals surface area contributed by atoms with Crippen LogP contribution in [0.4, 0.5) is 17.2 Å². The number of fused-ring (bicyclic) bond motifs is 2. The summed E-state index contributed by atoms with van der Waals surface area (Å²) < 4.78 is 1.72. The van der Waals surface area contributed by atoms with Crippen LogP contribution in [0.15, 0.2) is 73.1 Å². The molecule has 0 atom stereocenters. The number of nitrogens with zero attached hydrogens (tertiary/aromatic N) is 7. The first-order valence-electron chi connectivity index (χ1n) is 13.2. The lowest BCUT2D eigenvalue weighted by Crippen LogP contribution is -2.44. The number of hydrogen-bond donors (Lipinski definition) is 2. The van der Waals surface area contributed by atoms with E-state index < -0.39 is 0 Å². The van der Waals surface area contributed by atoms with Gasteiger partial charge in [-0.3, -0.25) is 9.89 Å². The van der Waals surface area contributed by atoms with Crippen molar-refractivity contribution in [1.82, 2.24) is 29.7 Å². The van der Waals surface area contributed by atoms with Crippen molar-refractivity contribution in [3.8, 4) is 11.3 Å². The molecule has 5 heterocycles. The smallest absolute Gasteiger partial charge is 0.276 e. The van der Waals surface area contributed by atoms with Crippen LogP contribution in [-0.2, 0) is 13.1 Å². The third-order valence-electron chi connectivity index (χ3n) is 7.58. The highest BCUT2D eigenvalue weighted by molar-refractivity contribution is 6.03. The van der Waals surface area contributed by atoms with Gasteiger partial charge in [-0.2, -0.15) is 10.2 Å². The second kappa shape index (κ2) is 9.55. The maximum Gasteiger partial charge on any atom is 0.276 e. The van der Waals surface area contributed by atoms with Gasteiger partial charge in [-0.05, 0) is 36.4 Å². The third-order valence-corrected chi connectivity index (χ3v) is 7.58. The van der Waals surface area contributed by atoms with Crippen LogP contribution >= 0.6 is 0 Å². The summed E-state index contributed by atoms with van der Waals surface area (Å²) >= 11 is 0. The molecule has 3 aromatic heterocycles. The number of carbonyl (C=O) groups is 1. The fraction of sp³-hybridized carbons (Fsp3) is 0.241. The van der Waals surface area contributed by atoms with Crippen molar-refractivity contribution < 1.29 is 4.79 Å². The molecule has 0 bridgehead atoms. The lowest BCUT2D eigenvalue weighted by Gasteiger charge is -2.34. The maximum atomic E-state index is 13.3. The minimum absolute atomic E-state index is 0.274. The zero-order chi connectivity index (χ0) is 26.3. The van der Waals surface area contributed by atoms with Gasteiger partial charge in [0.2, 0.25) is 0 Å². The van der Waals surface area contributed by atoms with Crippen LogP contribution < -0.4 is 15.1 Å². The van der Waals surface area contributed by atoms with E-state index in [1.54, 1.807) is 16.8 Å². The molecule has 0 saturated carbocycles. The van der Waals surface area contributed by atoms with Gasteiger partial charge in [0.15, 0.2) is 11.3 Å². The number of hydrogen-bond acceptors (Lipinski definition) is 7. The lowest BCUT2D eigenvalue weighted by molar-refractivity contribution is 0.102. The second-order valence-corrected chi connectivity index (χ2v) is 10.2. The number of likely N-dealkylation sites (N-methyl/N-ethyl adjacent to an activating group) is 1. The number of aromatic nitrogens is 5. The Morgan fingerprint density at radius 2 is 1.72 bits per heavy atom. The Morgan fingerprint density at radius 1 is 0.923 bits per heavy atom. The largest absolute Gasteiger partial charge is 0.369 e. The summed E-state index contributed by atoms with van der Waals surface area (Å²) in [4.78, 5) is 25.2. The summed E-state index contributed by atoms with van der Waals surface area (Å²) in [6.45, 7) is 5.55. The number of benzene rings is 2. The zero-order valence-corrected chi connectivity index (χ0v) is 21.7. The molecule has 1 amide bonds. The Balaban J connectivity index is 1.18. The standard InChI is InChI=1S/C29H29N9O/c1-35-9-11-36(12-10-35)24-8-4-7-23(13-24)32-29(39)25-14-28-33-27(37-18-20-5-2-3-6-21(20)19-37)15-26(38(28)34-25)22-16-30-31-17-22/h2-8,13-17H,9-12,18-19H2,1H3,(H,30,31)(H,32,39). The first kappa shape index (κ1) is 23.4. The lowest BCUT2D eigenvalue weighted by atomic mass is 10.1. The highest BCUT2D eigenvalue weighted by Gasteiger charge is 2.23. The normalized spacial score (nSPS) is 15.6. The van der Waals surface area contributed by atoms with Crippen LogP contribution in [0.3, 0.4) is 0 Å². The second-order valence-electron chi connectivity index (χ2n) is 10.2. The highest BCUT2D eigenvalue weighted by atomic mass is 16.2. The first-order chi connectivity index (χ1) is 19.1. The molecule has 2 aliphatic heterocycles. The van der Waals surface area contributed by atoms with E-state index in [-0.39, 0.29) is 5.91 Å². The monoisotopic (exact) mass is 519 g/mol. The Bertz CT molecular complexity index is 1630. The summed E-state index contributed by atoms with van der Waals surface area (Å²) in [5.74, 6) is 0.561.